The molecule has 108 valence electrons. The first-order chi connectivity index (χ1) is 9.10. The smallest absolute Gasteiger partial charge is 0.128 e. The Morgan fingerprint density at radius 2 is 2.16 bits per heavy atom. The van der Waals surface area contributed by atoms with E-state index in [1.807, 2.05) is 6.20 Å². The number of nitrogens with zero attached hydrogens (tertiary/aromatic N) is 2. The molecule has 0 bridgehead atoms. The molecule has 1 rings (SSSR count). The number of nitrogens with one attached hydrogen (secondary N) is 1. The highest BCUT2D eigenvalue weighted by Gasteiger charge is 2.12. The Hall–Kier alpha value is -1.13. The van der Waals surface area contributed by atoms with Gasteiger partial charge in [-0.25, -0.2) is 4.98 Å². The van der Waals surface area contributed by atoms with Gasteiger partial charge in [-0.15, -0.1) is 0 Å². The average Bonchev–Trinajstić information content (AvgIpc) is 2.44. The second kappa shape index (κ2) is 8.12. The maximum absolute atomic E-state index is 5.20. The second-order valence-electron chi connectivity index (χ2n) is 5.04. The van der Waals surface area contributed by atoms with E-state index in [0.717, 1.165) is 18.8 Å². The molecule has 19 heavy (non-hydrogen) atoms. The molecule has 1 aromatic heterocycles. The summed E-state index contributed by atoms with van der Waals surface area (Å²) >= 11 is 0. The highest BCUT2D eigenvalue weighted by atomic mass is 16.5. The van der Waals surface area contributed by atoms with E-state index in [-0.39, 0.29) is 0 Å². The van der Waals surface area contributed by atoms with Gasteiger partial charge in [0.1, 0.15) is 5.82 Å². The summed E-state index contributed by atoms with van der Waals surface area (Å²) in [7, 11) is 3.78. The van der Waals surface area contributed by atoms with Crippen LogP contribution in [0.3, 0.4) is 0 Å². The number of rotatable bonds is 8. The maximum atomic E-state index is 5.20. The summed E-state index contributed by atoms with van der Waals surface area (Å²) in [6, 6.07) is 4.89. The third-order valence-electron chi connectivity index (χ3n) is 3.40. The van der Waals surface area contributed by atoms with E-state index in [9.17, 15) is 0 Å². The Morgan fingerprint density at radius 3 is 2.79 bits per heavy atom. The standard InChI is InChI=1S/C15H27N3O/c1-6-8-16-13(3)14-7-9-17-15(10-14)18(4)12(2)11-19-5/h7,9-10,12-13,16H,6,8,11H2,1-5H3. The lowest BCUT2D eigenvalue weighted by molar-refractivity contribution is 0.183. The monoisotopic (exact) mass is 265 g/mol. The topological polar surface area (TPSA) is 37.4 Å². The van der Waals surface area contributed by atoms with E-state index in [4.69, 9.17) is 4.74 Å². The van der Waals surface area contributed by atoms with Gasteiger partial charge in [0, 0.05) is 26.4 Å². The molecular weight excluding hydrogens is 238 g/mol. The first-order valence-corrected chi connectivity index (χ1v) is 7.01. The first kappa shape index (κ1) is 15.9. The molecule has 0 amide bonds. The summed E-state index contributed by atoms with van der Waals surface area (Å²) in [4.78, 5) is 6.60. The molecule has 1 N–H and O–H groups in total. The quantitative estimate of drug-likeness (QED) is 0.784. The Morgan fingerprint density at radius 1 is 1.42 bits per heavy atom. The largest absolute Gasteiger partial charge is 0.383 e. The van der Waals surface area contributed by atoms with Gasteiger partial charge in [0.25, 0.3) is 0 Å². The van der Waals surface area contributed by atoms with Crippen molar-refractivity contribution in [2.24, 2.45) is 0 Å². The van der Waals surface area contributed by atoms with Crippen LogP contribution in [0.1, 0.15) is 38.8 Å². The Kier molecular flexibility index (Phi) is 6.81. The minimum atomic E-state index is 0.312. The van der Waals surface area contributed by atoms with Gasteiger partial charge in [0.15, 0.2) is 0 Å². The number of anilines is 1. The molecule has 1 aromatic rings. The fraction of sp³-hybridized carbons (Fsp3) is 0.667. The average molecular weight is 265 g/mol. The Bertz CT molecular complexity index is 370. The fourth-order valence-corrected chi connectivity index (χ4v) is 1.95. The SMILES string of the molecule is CCCNC(C)c1ccnc(N(C)C(C)COC)c1. The number of hydrogen-bond acceptors (Lipinski definition) is 4. The molecule has 0 saturated carbocycles. The molecule has 0 spiro atoms. The normalized spacial score (nSPS) is 14.2. The van der Waals surface area contributed by atoms with Crippen molar-refractivity contribution in [1.82, 2.24) is 10.3 Å². The van der Waals surface area contributed by atoms with Crippen molar-refractivity contribution in [2.75, 3.05) is 32.2 Å². The van der Waals surface area contributed by atoms with Gasteiger partial charge in [0.2, 0.25) is 0 Å². The summed E-state index contributed by atoms with van der Waals surface area (Å²) in [6.07, 6.45) is 3.03. The van der Waals surface area contributed by atoms with Gasteiger partial charge < -0.3 is 15.0 Å². The predicted molar refractivity (Wildman–Crippen MR) is 80.7 cm³/mol. The number of ether oxygens (including phenoxy) is 1. The third-order valence-corrected chi connectivity index (χ3v) is 3.40. The van der Waals surface area contributed by atoms with E-state index in [1.165, 1.54) is 5.56 Å². The van der Waals surface area contributed by atoms with Gasteiger partial charge in [-0.2, -0.15) is 0 Å². The molecule has 4 heteroatoms. The number of likely N-dealkylation sites (N-methyl/N-ethyl adjacent to an activating group) is 1. The molecule has 0 saturated heterocycles. The lowest BCUT2D eigenvalue weighted by atomic mass is 10.1. The van der Waals surface area contributed by atoms with Crippen LogP contribution in [-0.4, -0.2) is 38.3 Å². The van der Waals surface area contributed by atoms with Crippen molar-refractivity contribution in [3.63, 3.8) is 0 Å². The zero-order chi connectivity index (χ0) is 14.3. The van der Waals surface area contributed by atoms with Crippen LogP contribution >= 0.6 is 0 Å². The minimum Gasteiger partial charge on any atom is -0.383 e. The number of pyridine rings is 1. The van der Waals surface area contributed by atoms with Crippen molar-refractivity contribution >= 4 is 5.82 Å². The minimum absolute atomic E-state index is 0.312. The molecule has 0 aliphatic carbocycles. The van der Waals surface area contributed by atoms with E-state index in [1.54, 1.807) is 7.11 Å². The van der Waals surface area contributed by atoms with Crippen LogP contribution in [0.15, 0.2) is 18.3 Å². The Labute approximate surface area is 117 Å². The molecule has 0 radical (unpaired) electrons. The molecule has 1 heterocycles. The first-order valence-electron chi connectivity index (χ1n) is 7.01. The van der Waals surface area contributed by atoms with Crippen LogP contribution in [0.5, 0.6) is 0 Å². The third kappa shape index (κ3) is 4.80. The number of hydrogen-bond donors (Lipinski definition) is 1. The van der Waals surface area contributed by atoms with E-state index < -0.39 is 0 Å². The molecule has 4 nitrogen and oxygen atoms in total. The van der Waals surface area contributed by atoms with Crippen LogP contribution in [0, 0.1) is 0 Å². The van der Waals surface area contributed by atoms with Gasteiger partial charge in [-0.1, -0.05) is 6.92 Å². The van der Waals surface area contributed by atoms with E-state index in [2.05, 4.69) is 55.2 Å². The highest BCUT2D eigenvalue weighted by Crippen LogP contribution is 2.18. The van der Waals surface area contributed by atoms with Crippen molar-refractivity contribution in [3.05, 3.63) is 23.9 Å². The highest BCUT2D eigenvalue weighted by molar-refractivity contribution is 5.41. The lowest BCUT2D eigenvalue weighted by Crippen LogP contribution is -2.33. The van der Waals surface area contributed by atoms with Crippen LogP contribution in [-0.2, 0) is 4.74 Å². The molecule has 0 aliphatic heterocycles. The number of methoxy groups -OCH3 is 1. The van der Waals surface area contributed by atoms with Crippen molar-refractivity contribution < 1.29 is 4.74 Å². The lowest BCUT2D eigenvalue weighted by Gasteiger charge is -2.26. The maximum Gasteiger partial charge on any atom is 0.128 e. The van der Waals surface area contributed by atoms with Crippen molar-refractivity contribution in [3.8, 4) is 0 Å². The summed E-state index contributed by atoms with van der Waals surface area (Å²) in [5.41, 5.74) is 1.27. The predicted octanol–water partition coefficient (Wildman–Crippen LogP) is 2.61. The molecule has 2 unspecified atom stereocenters. The summed E-state index contributed by atoms with van der Waals surface area (Å²) in [5.74, 6) is 0.993. The molecule has 0 aromatic carbocycles. The van der Waals surface area contributed by atoms with Crippen LogP contribution < -0.4 is 10.2 Å². The van der Waals surface area contributed by atoms with Crippen LogP contribution in [0.2, 0.25) is 0 Å². The summed E-state index contributed by atoms with van der Waals surface area (Å²) in [6.45, 7) is 8.24. The van der Waals surface area contributed by atoms with Gasteiger partial charge >= 0.3 is 0 Å². The molecule has 0 fully saturated rings. The van der Waals surface area contributed by atoms with Gasteiger partial charge in [-0.05, 0) is 44.5 Å². The molecule has 2 atom stereocenters. The zero-order valence-electron chi connectivity index (χ0n) is 12.8. The Balaban J connectivity index is 2.75. The van der Waals surface area contributed by atoms with Crippen LogP contribution in [0.25, 0.3) is 0 Å². The van der Waals surface area contributed by atoms with Gasteiger partial charge in [0.05, 0.1) is 12.6 Å². The second-order valence-corrected chi connectivity index (χ2v) is 5.04. The number of aromatic nitrogens is 1. The van der Waals surface area contributed by atoms with Gasteiger partial charge in [-0.3, -0.25) is 0 Å². The fourth-order valence-electron chi connectivity index (χ4n) is 1.95. The van der Waals surface area contributed by atoms with E-state index >= 15 is 0 Å². The summed E-state index contributed by atoms with van der Waals surface area (Å²) < 4.78 is 5.20. The molecule has 0 aliphatic rings. The van der Waals surface area contributed by atoms with Crippen LogP contribution in [0.4, 0.5) is 5.82 Å². The van der Waals surface area contributed by atoms with Crippen molar-refractivity contribution in [1.29, 1.82) is 0 Å². The van der Waals surface area contributed by atoms with Crippen molar-refractivity contribution in [2.45, 2.75) is 39.3 Å². The van der Waals surface area contributed by atoms with E-state index in [0.29, 0.717) is 18.7 Å². The zero-order valence-corrected chi connectivity index (χ0v) is 12.8. The molecular formula is C15H27N3O. The summed E-state index contributed by atoms with van der Waals surface area (Å²) in [5, 5.41) is 3.50.